The van der Waals surface area contributed by atoms with Crippen LogP contribution in [-0.4, -0.2) is 59.0 Å². The van der Waals surface area contributed by atoms with Crippen LogP contribution in [0.2, 0.25) is 0 Å². The second kappa shape index (κ2) is 9.69. The van der Waals surface area contributed by atoms with Gasteiger partial charge in [-0.25, -0.2) is 9.78 Å². The first kappa shape index (κ1) is 24.9. The molecule has 1 spiro atoms. The molecular formula is C30H41NO5. The molecule has 5 heterocycles. The number of benzene rings is 1. The monoisotopic (exact) mass is 495 g/mol. The maximum absolute atomic E-state index is 10.1. The van der Waals surface area contributed by atoms with Crippen molar-refractivity contribution in [1.82, 2.24) is 4.90 Å². The van der Waals surface area contributed by atoms with Gasteiger partial charge in [-0.05, 0) is 75.5 Å². The highest BCUT2D eigenvalue weighted by Gasteiger charge is 2.69. The summed E-state index contributed by atoms with van der Waals surface area (Å²) in [5.74, 6) is 7.79. The number of nitrogens with zero attached hydrogens (tertiary/aromatic N) is 1. The van der Waals surface area contributed by atoms with E-state index in [1.165, 1.54) is 6.42 Å². The van der Waals surface area contributed by atoms with Gasteiger partial charge in [0.05, 0.1) is 18.8 Å². The van der Waals surface area contributed by atoms with Crippen molar-refractivity contribution >= 4 is 0 Å². The lowest BCUT2D eigenvalue weighted by Gasteiger charge is -2.60. The molecule has 5 saturated heterocycles. The number of ether oxygens (including phenoxy) is 2. The van der Waals surface area contributed by atoms with Crippen LogP contribution in [0, 0.1) is 35.5 Å². The van der Waals surface area contributed by atoms with Crippen LogP contribution in [0.4, 0.5) is 0 Å². The molecule has 1 aliphatic carbocycles. The van der Waals surface area contributed by atoms with Gasteiger partial charge in [-0.3, -0.25) is 4.90 Å². The minimum Gasteiger partial charge on any atom is -0.395 e. The Morgan fingerprint density at radius 2 is 1.92 bits per heavy atom. The van der Waals surface area contributed by atoms with Crippen LogP contribution >= 0.6 is 0 Å². The molecule has 6 aliphatic rings. The van der Waals surface area contributed by atoms with Crippen molar-refractivity contribution in [3.63, 3.8) is 0 Å². The predicted molar refractivity (Wildman–Crippen MR) is 135 cm³/mol. The Morgan fingerprint density at radius 3 is 2.72 bits per heavy atom. The Kier molecular flexibility index (Phi) is 6.69. The van der Waals surface area contributed by atoms with E-state index in [2.05, 4.69) is 42.7 Å². The van der Waals surface area contributed by atoms with Crippen LogP contribution in [0.5, 0.6) is 0 Å². The fourth-order valence-corrected chi connectivity index (χ4v) is 7.90. The van der Waals surface area contributed by atoms with Crippen molar-refractivity contribution in [2.45, 2.75) is 102 Å². The summed E-state index contributed by atoms with van der Waals surface area (Å²) in [6.45, 7) is 7.79. The van der Waals surface area contributed by atoms with E-state index in [4.69, 9.17) is 19.2 Å². The van der Waals surface area contributed by atoms with Crippen molar-refractivity contribution in [1.29, 1.82) is 0 Å². The molecule has 0 unspecified atom stereocenters. The lowest BCUT2D eigenvalue weighted by molar-refractivity contribution is -0.571. The molecule has 0 aromatic heterocycles. The van der Waals surface area contributed by atoms with Crippen molar-refractivity contribution < 1.29 is 24.4 Å². The topological polar surface area (TPSA) is 60.4 Å². The van der Waals surface area contributed by atoms with Crippen molar-refractivity contribution in [3.05, 3.63) is 35.9 Å². The number of rotatable bonds is 4. The lowest BCUT2D eigenvalue weighted by Crippen LogP contribution is -2.70. The molecule has 6 fully saturated rings. The average Bonchev–Trinajstić information content (AvgIpc) is 3.25. The summed E-state index contributed by atoms with van der Waals surface area (Å²) in [6, 6.07) is 10.4. The van der Waals surface area contributed by atoms with Gasteiger partial charge in [-0.1, -0.05) is 43.9 Å². The first-order valence-electron chi connectivity index (χ1n) is 14.1. The minimum absolute atomic E-state index is 0.00115. The van der Waals surface area contributed by atoms with E-state index >= 15 is 0 Å². The van der Waals surface area contributed by atoms with E-state index in [1.807, 2.05) is 25.1 Å². The minimum atomic E-state index is -0.758. The highest BCUT2D eigenvalue weighted by atomic mass is 17.3. The molecule has 6 heteroatoms. The van der Waals surface area contributed by atoms with Gasteiger partial charge in [-0.2, -0.15) is 0 Å². The third-order valence-corrected chi connectivity index (χ3v) is 9.94. The number of hydrogen-bond donors (Lipinski definition) is 1. The maximum atomic E-state index is 10.1. The molecule has 10 atom stereocenters. The number of likely N-dealkylation sites (tertiary alicyclic amines) is 1. The van der Waals surface area contributed by atoms with Crippen molar-refractivity contribution in [3.8, 4) is 11.8 Å². The Labute approximate surface area is 215 Å². The fraction of sp³-hybridized carbons (Fsp3) is 0.733. The quantitative estimate of drug-likeness (QED) is 0.490. The van der Waals surface area contributed by atoms with Crippen LogP contribution in [0.3, 0.4) is 0 Å². The molecular weight excluding hydrogens is 454 g/mol. The van der Waals surface area contributed by atoms with Crippen LogP contribution < -0.4 is 0 Å². The molecule has 5 aliphatic heterocycles. The summed E-state index contributed by atoms with van der Waals surface area (Å²) >= 11 is 0. The van der Waals surface area contributed by atoms with Crippen LogP contribution in [0.25, 0.3) is 0 Å². The smallest absolute Gasteiger partial charge is 0.201 e. The first-order valence-corrected chi connectivity index (χ1v) is 14.1. The normalized spacial score (nSPS) is 44.8. The number of hydrogen-bond acceptors (Lipinski definition) is 6. The number of aliphatic hydroxyl groups excluding tert-OH is 1. The van der Waals surface area contributed by atoms with E-state index in [-0.39, 0.29) is 24.8 Å². The molecule has 1 saturated carbocycles. The second-order valence-corrected chi connectivity index (χ2v) is 12.0. The van der Waals surface area contributed by atoms with Gasteiger partial charge in [0.15, 0.2) is 11.9 Å². The van der Waals surface area contributed by atoms with Crippen LogP contribution in [-0.2, 0) is 19.2 Å². The second-order valence-electron chi connectivity index (χ2n) is 12.0. The zero-order chi connectivity index (χ0) is 24.9. The largest absolute Gasteiger partial charge is 0.395 e. The zero-order valence-electron chi connectivity index (χ0n) is 21.9. The molecule has 2 bridgehead atoms. The number of fused-ring (bicyclic) bond motifs is 2. The van der Waals surface area contributed by atoms with Crippen molar-refractivity contribution in [2.75, 3.05) is 13.2 Å². The van der Waals surface area contributed by atoms with E-state index in [0.717, 1.165) is 50.6 Å². The third kappa shape index (κ3) is 4.13. The van der Waals surface area contributed by atoms with Gasteiger partial charge in [0.1, 0.15) is 0 Å². The molecule has 7 rings (SSSR count). The number of aliphatic hydroxyl groups is 1. The molecule has 0 radical (unpaired) electrons. The van der Waals surface area contributed by atoms with E-state index in [0.29, 0.717) is 23.7 Å². The van der Waals surface area contributed by atoms with E-state index in [1.54, 1.807) is 0 Å². The van der Waals surface area contributed by atoms with Crippen molar-refractivity contribution in [2.24, 2.45) is 23.7 Å². The van der Waals surface area contributed by atoms with Gasteiger partial charge in [-0.15, -0.1) is 0 Å². The van der Waals surface area contributed by atoms with Gasteiger partial charge in [0, 0.05) is 30.4 Å². The first-order chi connectivity index (χ1) is 17.4. The Balaban J connectivity index is 1.30. The lowest BCUT2D eigenvalue weighted by atomic mass is 9.57. The van der Waals surface area contributed by atoms with Gasteiger partial charge in [0.2, 0.25) is 5.79 Å². The van der Waals surface area contributed by atoms with Crippen LogP contribution in [0.1, 0.15) is 71.3 Å². The fourth-order valence-electron chi connectivity index (χ4n) is 7.90. The molecule has 196 valence electrons. The Bertz CT molecular complexity index is 992. The van der Waals surface area contributed by atoms with E-state index < -0.39 is 17.7 Å². The summed E-state index contributed by atoms with van der Waals surface area (Å²) < 4.78 is 13.5. The molecule has 1 N–H and O–H groups in total. The summed E-state index contributed by atoms with van der Waals surface area (Å²) in [7, 11) is 0. The van der Waals surface area contributed by atoms with Gasteiger partial charge in [0.25, 0.3) is 0 Å². The summed E-state index contributed by atoms with van der Waals surface area (Å²) in [4.78, 5) is 14.7. The molecule has 1 aromatic rings. The Hall–Kier alpha value is -1.46. The zero-order valence-corrected chi connectivity index (χ0v) is 21.9. The predicted octanol–water partition coefficient (Wildman–Crippen LogP) is 4.50. The average molecular weight is 496 g/mol. The standard InChI is InChI=1S/C30H41NO5/c1-20-11-14-26-21(2)27(33-28-30(26)25(20)15-16-29(3,34-28)35-36-30)18-23(31-17-7-10-24(31)19-32)13-12-22-8-5-4-6-9-22/h4-6,8-9,20-21,23-28,32H,7,10-11,14-19H2,1-3H3/t20-,21-,23+,24+,25+,26+,27-,28-,29+,30-/m1/s1. The molecule has 36 heavy (non-hydrogen) atoms. The maximum Gasteiger partial charge on any atom is 0.201 e. The van der Waals surface area contributed by atoms with E-state index in [9.17, 15) is 5.11 Å². The summed E-state index contributed by atoms with van der Waals surface area (Å²) in [6.07, 6.45) is 6.65. The summed E-state index contributed by atoms with van der Waals surface area (Å²) in [5.41, 5.74) is 0.488. The SMILES string of the molecule is C[C@H]1[C@@H](C[C@H](C#Cc2ccccc2)N2CCC[C@H]2CO)O[C@@H]2O[C@]3(C)CC[C@H]4[C@H](C)CC[C@@H]1[C@@]24OO3. The van der Waals surface area contributed by atoms with Crippen LogP contribution in [0.15, 0.2) is 30.3 Å². The van der Waals surface area contributed by atoms with Gasteiger partial charge >= 0.3 is 0 Å². The molecule has 1 aromatic carbocycles. The highest BCUT2D eigenvalue weighted by Crippen LogP contribution is 2.60. The molecule has 0 amide bonds. The molecule has 6 nitrogen and oxygen atoms in total. The summed E-state index contributed by atoms with van der Waals surface area (Å²) in [5, 5.41) is 10.1. The Morgan fingerprint density at radius 1 is 1.08 bits per heavy atom. The van der Waals surface area contributed by atoms with Gasteiger partial charge < -0.3 is 14.6 Å². The third-order valence-electron chi connectivity index (χ3n) is 9.94. The highest BCUT2D eigenvalue weighted by molar-refractivity contribution is 5.35.